The normalized spacial score (nSPS) is 11.7. The number of amides is 2. The largest absolute Gasteiger partial charge is 0.479 e. The maximum Gasteiger partial charge on any atom is 0.334 e. The molecule has 3 N–H and O–H groups in total. The Labute approximate surface area is 122 Å². The third kappa shape index (κ3) is 4.99. The van der Waals surface area contributed by atoms with Crippen molar-refractivity contribution in [3.05, 3.63) is 27.6 Å². The van der Waals surface area contributed by atoms with Crippen molar-refractivity contribution < 1.29 is 23.8 Å². The van der Waals surface area contributed by atoms with E-state index in [1.807, 2.05) is 22.6 Å². The summed E-state index contributed by atoms with van der Waals surface area (Å²) in [6, 6.07) is 3.31. The molecule has 1 rings (SSSR count). The van der Waals surface area contributed by atoms with Crippen LogP contribution in [0.25, 0.3) is 0 Å². The average molecular weight is 382 g/mol. The van der Waals surface area contributed by atoms with E-state index in [2.05, 4.69) is 15.4 Å². The lowest BCUT2D eigenvalue weighted by atomic mass is 10.3. The number of urea groups is 1. The molecule has 0 aliphatic carbocycles. The third-order valence-electron chi connectivity index (χ3n) is 2.19. The Morgan fingerprint density at radius 3 is 2.74 bits per heavy atom. The van der Waals surface area contributed by atoms with E-state index in [9.17, 15) is 14.0 Å². The lowest BCUT2D eigenvalue weighted by molar-refractivity contribution is -0.147. The Morgan fingerprint density at radius 2 is 2.21 bits per heavy atom. The second-order valence-electron chi connectivity index (χ2n) is 3.52. The Balaban J connectivity index is 2.53. The minimum Gasteiger partial charge on any atom is -0.479 e. The molecule has 8 heteroatoms. The molecule has 0 aromatic heterocycles. The van der Waals surface area contributed by atoms with E-state index in [0.29, 0.717) is 9.26 Å². The van der Waals surface area contributed by atoms with Crippen LogP contribution in [0.5, 0.6) is 0 Å². The average Bonchev–Trinajstić information content (AvgIpc) is 2.33. The number of aliphatic carboxylic acids is 1. The maximum absolute atomic E-state index is 12.9. The van der Waals surface area contributed by atoms with Gasteiger partial charge in [0, 0.05) is 10.7 Å². The first-order valence-corrected chi connectivity index (χ1v) is 6.27. The van der Waals surface area contributed by atoms with Gasteiger partial charge >= 0.3 is 12.0 Å². The number of methoxy groups -OCH3 is 1. The van der Waals surface area contributed by atoms with E-state index in [1.54, 1.807) is 0 Å². The number of benzene rings is 1. The number of hydrogen-bond donors (Lipinski definition) is 3. The monoisotopic (exact) mass is 382 g/mol. The van der Waals surface area contributed by atoms with Crippen LogP contribution < -0.4 is 10.6 Å². The van der Waals surface area contributed by atoms with Crippen LogP contribution in [0, 0.1) is 9.39 Å². The van der Waals surface area contributed by atoms with E-state index in [4.69, 9.17) is 5.11 Å². The predicted octanol–water partition coefficient (Wildman–Crippen LogP) is 1.65. The topological polar surface area (TPSA) is 87.7 Å². The molecule has 1 aromatic rings. The Morgan fingerprint density at radius 1 is 1.53 bits per heavy atom. The number of anilines is 1. The van der Waals surface area contributed by atoms with Gasteiger partial charge in [-0.25, -0.2) is 14.0 Å². The fraction of sp³-hybridized carbons (Fsp3) is 0.273. The van der Waals surface area contributed by atoms with Crippen molar-refractivity contribution in [3.63, 3.8) is 0 Å². The van der Waals surface area contributed by atoms with Gasteiger partial charge in [-0.05, 0) is 40.8 Å². The molecule has 0 saturated heterocycles. The quantitative estimate of drug-likeness (QED) is 0.676. The summed E-state index contributed by atoms with van der Waals surface area (Å²) in [4.78, 5) is 22.2. The van der Waals surface area contributed by atoms with Crippen molar-refractivity contribution in [1.82, 2.24) is 5.32 Å². The van der Waals surface area contributed by atoms with Crippen molar-refractivity contribution in [1.29, 1.82) is 0 Å². The first kappa shape index (κ1) is 15.6. The molecule has 0 aliphatic rings. The summed E-state index contributed by atoms with van der Waals surface area (Å²) in [7, 11) is 1.24. The molecule has 104 valence electrons. The third-order valence-corrected chi connectivity index (χ3v) is 3.08. The summed E-state index contributed by atoms with van der Waals surface area (Å²) in [6.45, 7) is -0.171. The lowest BCUT2D eigenvalue weighted by Crippen LogP contribution is -2.39. The Kier molecular flexibility index (Phi) is 5.96. The van der Waals surface area contributed by atoms with Gasteiger partial charge in [0.15, 0.2) is 6.10 Å². The zero-order chi connectivity index (χ0) is 14.4. The number of halogens is 2. The van der Waals surface area contributed by atoms with E-state index in [0.717, 1.165) is 0 Å². The van der Waals surface area contributed by atoms with Gasteiger partial charge in [0.2, 0.25) is 0 Å². The molecule has 0 spiro atoms. The van der Waals surface area contributed by atoms with Crippen LogP contribution in [-0.2, 0) is 9.53 Å². The predicted molar refractivity (Wildman–Crippen MR) is 74.6 cm³/mol. The SMILES string of the molecule is COC(CNC(=O)Nc1ccc(F)cc1I)C(=O)O. The van der Waals surface area contributed by atoms with Crippen molar-refractivity contribution in [2.45, 2.75) is 6.10 Å². The van der Waals surface area contributed by atoms with Gasteiger partial charge in [0.05, 0.1) is 12.2 Å². The van der Waals surface area contributed by atoms with E-state index < -0.39 is 23.9 Å². The van der Waals surface area contributed by atoms with Gasteiger partial charge < -0.3 is 20.5 Å². The summed E-state index contributed by atoms with van der Waals surface area (Å²) in [5.41, 5.74) is 0.434. The highest BCUT2D eigenvalue weighted by Crippen LogP contribution is 2.18. The molecule has 1 aromatic carbocycles. The molecule has 19 heavy (non-hydrogen) atoms. The molecule has 0 radical (unpaired) electrons. The molecule has 0 heterocycles. The fourth-order valence-corrected chi connectivity index (χ4v) is 1.83. The molecule has 1 unspecified atom stereocenters. The van der Waals surface area contributed by atoms with Crippen molar-refractivity contribution in [3.8, 4) is 0 Å². The maximum atomic E-state index is 12.9. The molecule has 6 nitrogen and oxygen atoms in total. The van der Waals surface area contributed by atoms with E-state index in [1.165, 1.54) is 25.3 Å². The highest BCUT2D eigenvalue weighted by atomic mass is 127. The molecule has 0 saturated carbocycles. The second-order valence-corrected chi connectivity index (χ2v) is 4.68. The van der Waals surface area contributed by atoms with Crippen LogP contribution in [0.2, 0.25) is 0 Å². The minimum atomic E-state index is -1.17. The zero-order valence-corrected chi connectivity index (χ0v) is 12.1. The number of rotatable bonds is 5. The fourth-order valence-electron chi connectivity index (χ4n) is 1.21. The molecule has 0 aliphatic heterocycles. The summed E-state index contributed by atoms with van der Waals surface area (Å²) in [5.74, 6) is -1.57. The van der Waals surface area contributed by atoms with Crippen molar-refractivity contribution in [2.75, 3.05) is 19.0 Å². The lowest BCUT2D eigenvalue weighted by Gasteiger charge is -2.13. The second kappa shape index (κ2) is 7.24. The molecule has 0 bridgehead atoms. The number of hydrogen-bond acceptors (Lipinski definition) is 3. The Bertz CT molecular complexity index is 484. The molecular weight excluding hydrogens is 370 g/mol. The summed E-state index contributed by atoms with van der Waals surface area (Å²) in [5, 5.41) is 13.5. The number of carbonyl (C=O) groups is 2. The smallest absolute Gasteiger partial charge is 0.334 e. The van der Waals surface area contributed by atoms with Gasteiger partial charge in [-0.1, -0.05) is 0 Å². The Hall–Kier alpha value is -1.42. The number of ether oxygens (including phenoxy) is 1. The first-order valence-electron chi connectivity index (χ1n) is 5.19. The number of carboxylic acid groups (broad SMARTS) is 1. The van der Waals surface area contributed by atoms with E-state index in [-0.39, 0.29) is 6.54 Å². The van der Waals surface area contributed by atoms with Crippen molar-refractivity contribution >= 4 is 40.3 Å². The van der Waals surface area contributed by atoms with Gasteiger partial charge in [-0.3, -0.25) is 0 Å². The zero-order valence-electron chi connectivity index (χ0n) is 9.94. The molecule has 2 amide bonds. The molecular formula is C11H12FIN2O4. The van der Waals surface area contributed by atoms with Gasteiger partial charge in [0.1, 0.15) is 5.82 Å². The van der Waals surface area contributed by atoms with Crippen molar-refractivity contribution in [2.24, 2.45) is 0 Å². The van der Waals surface area contributed by atoms with Crippen LogP contribution in [0.4, 0.5) is 14.9 Å². The number of nitrogens with one attached hydrogen (secondary N) is 2. The molecule has 0 fully saturated rings. The summed E-state index contributed by atoms with van der Waals surface area (Å²) >= 11 is 1.88. The van der Waals surface area contributed by atoms with Crippen LogP contribution in [0.1, 0.15) is 0 Å². The standard InChI is InChI=1S/C11H12FIN2O4/c1-19-9(10(16)17)5-14-11(18)15-8-3-2-6(12)4-7(8)13/h2-4,9H,5H2,1H3,(H,16,17)(H2,14,15,18). The summed E-state index contributed by atoms with van der Waals surface area (Å²) < 4.78 is 18.1. The number of carboxylic acids is 1. The van der Waals surface area contributed by atoms with Crippen LogP contribution in [0.15, 0.2) is 18.2 Å². The highest BCUT2D eigenvalue weighted by molar-refractivity contribution is 14.1. The number of carbonyl (C=O) groups excluding carboxylic acids is 1. The van der Waals surface area contributed by atoms with Gasteiger partial charge in [-0.2, -0.15) is 0 Å². The van der Waals surface area contributed by atoms with Gasteiger partial charge in [0.25, 0.3) is 0 Å². The summed E-state index contributed by atoms with van der Waals surface area (Å²) in [6.07, 6.45) is -1.11. The van der Waals surface area contributed by atoms with Crippen LogP contribution >= 0.6 is 22.6 Å². The van der Waals surface area contributed by atoms with Crippen LogP contribution in [0.3, 0.4) is 0 Å². The van der Waals surface area contributed by atoms with E-state index >= 15 is 0 Å². The van der Waals surface area contributed by atoms with Crippen LogP contribution in [-0.4, -0.2) is 36.9 Å². The van der Waals surface area contributed by atoms with Gasteiger partial charge in [-0.15, -0.1) is 0 Å². The first-order chi connectivity index (χ1) is 8.93. The highest BCUT2D eigenvalue weighted by Gasteiger charge is 2.17. The minimum absolute atomic E-state index is 0.171. The molecule has 1 atom stereocenters.